The van der Waals surface area contributed by atoms with E-state index in [1.807, 2.05) is 0 Å². The van der Waals surface area contributed by atoms with E-state index in [9.17, 15) is 9.18 Å². The molecule has 0 spiro atoms. The van der Waals surface area contributed by atoms with Crippen LogP contribution in [0.5, 0.6) is 0 Å². The first-order chi connectivity index (χ1) is 5.57. The molecule has 2 nitrogen and oxygen atoms in total. The Balaban J connectivity index is 3.51. The van der Waals surface area contributed by atoms with Crippen molar-refractivity contribution in [3.8, 4) is 0 Å². The third-order valence-corrected chi connectivity index (χ3v) is 2.00. The first kappa shape index (κ1) is 8.71. The van der Waals surface area contributed by atoms with Gasteiger partial charge in [-0.3, -0.25) is 4.79 Å². The quantitative estimate of drug-likeness (QED) is 0.512. The van der Waals surface area contributed by atoms with Gasteiger partial charge in [0.25, 0.3) is 0 Å². The molecule has 3 heteroatoms. The van der Waals surface area contributed by atoms with Gasteiger partial charge in [-0.25, -0.2) is 4.39 Å². The van der Waals surface area contributed by atoms with Crippen molar-refractivity contribution < 1.29 is 9.18 Å². The fourth-order valence-electron chi connectivity index (χ4n) is 1.04. The predicted molar refractivity (Wildman–Crippen MR) is 45.7 cm³/mol. The number of nitrogens with two attached hydrogens (primary N) is 1. The standard InChI is InChI=1S/C9H10FNO/c1-5-3-8(10)7(4-12)9(11)6(5)2/h3-4H,11H2,1-2H3. The van der Waals surface area contributed by atoms with E-state index >= 15 is 0 Å². The van der Waals surface area contributed by atoms with Gasteiger partial charge in [-0.2, -0.15) is 0 Å². The summed E-state index contributed by atoms with van der Waals surface area (Å²) >= 11 is 0. The fraction of sp³-hybridized carbons (Fsp3) is 0.222. The number of halogens is 1. The van der Waals surface area contributed by atoms with Gasteiger partial charge in [-0.05, 0) is 31.0 Å². The number of rotatable bonds is 1. The molecule has 0 saturated heterocycles. The second-order valence-electron chi connectivity index (χ2n) is 2.75. The number of aryl methyl sites for hydroxylation is 1. The topological polar surface area (TPSA) is 43.1 Å². The molecule has 0 aliphatic rings. The van der Waals surface area contributed by atoms with Crippen LogP contribution >= 0.6 is 0 Å². The van der Waals surface area contributed by atoms with E-state index < -0.39 is 5.82 Å². The molecule has 2 N–H and O–H groups in total. The molecule has 0 aliphatic heterocycles. The molecule has 0 unspecified atom stereocenters. The van der Waals surface area contributed by atoms with E-state index in [2.05, 4.69) is 0 Å². The van der Waals surface area contributed by atoms with Gasteiger partial charge in [-0.15, -0.1) is 0 Å². The molecular formula is C9H10FNO. The molecule has 64 valence electrons. The molecule has 1 aromatic carbocycles. The van der Waals surface area contributed by atoms with Gasteiger partial charge in [0.15, 0.2) is 6.29 Å². The van der Waals surface area contributed by atoms with Crippen LogP contribution < -0.4 is 5.73 Å². The number of carbonyl (C=O) groups excluding carboxylic acids is 1. The lowest BCUT2D eigenvalue weighted by Crippen LogP contribution is -2.01. The molecular weight excluding hydrogens is 157 g/mol. The van der Waals surface area contributed by atoms with Crippen molar-refractivity contribution in [2.24, 2.45) is 0 Å². The summed E-state index contributed by atoms with van der Waals surface area (Å²) in [6.07, 6.45) is 0.442. The predicted octanol–water partition coefficient (Wildman–Crippen LogP) is 1.84. The van der Waals surface area contributed by atoms with Crippen LogP contribution in [0.2, 0.25) is 0 Å². The van der Waals surface area contributed by atoms with E-state index in [0.29, 0.717) is 6.29 Å². The van der Waals surface area contributed by atoms with Crippen LogP contribution in [0.15, 0.2) is 6.07 Å². The number of carbonyl (C=O) groups is 1. The SMILES string of the molecule is Cc1cc(F)c(C=O)c(N)c1C. The molecule has 0 atom stereocenters. The zero-order chi connectivity index (χ0) is 9.30. The Morgan fingerprint density at radius 2 is 2.08 bits per heavy atom. The van der Waals surface area contributed by atoms with Crippen LogP contribution in [0.3, 0.4) is 0 Å². The maximum absolute atomic E-state index is 13.0. The number of benzene rings is 1. The Labute approximate surface area is 70.2 Å². The van der Waals surface area contributed by atoms with E-state index in [-0.39, 0.29) is 11.3 Å². The largest absolute Gasteiger partial charge is 0.398 e. The average molecular weight is 167 g/mol. The fourth-order valence-corrected chi connectivity index (χ4v) is 1.04. The van der Waals surface area contributed by atoms with Crippen molar-refractivity contribution in [1.29, 1.82) is 0 Å². The summed E-state index contributed by atoms with van der Waals surface area (Å²) < 4.78 is 13.0. The molecule has 0 heterocycles. The third-order valence-electron chi connectivity index (χ3n) is 2.00. The Hall–Kier alpha value is -1.38. The lowest BCUT2D eigenvalue weighted by molar-refractivity contribution is 0.112. The van der Waals surface area contributed by atoms with E-state index in [1.165, 1.54) is 6.07 Å². The Bertz CT molecular complexity index is 334. The lowest BCUT2D eigenvalue weighted by Gasteiger charge is -2.07. The highest BCUT2D eigenvalue weighted by Crippen LogP contribution is 2.21. The van der Waals surface area contributed by atoms with Crippen LogP contribution in [0, 0.1) is 19.7 Å². The van der Waals surface area contributed by atoms with Crippen LogP contribution in [0.25, 0.3) is 0 Å². The number of hydrogen-bond donors (Lipinski definition) is 1. The van der Waals surface area contributed by atoms with Crippen LogP contribution in [0.4, 0.5) is 10.1 Å². The first-order valence-electron chi connectivity index (χ1n) is 3.58. The summed E-state index contributed by atoms with van der Waals surface area (Å²) in [5.41, 5.74) is 7.24. The molecule has 1 rings (SSSR count). The maximum Gasteiger partial charge on any atom is 0.155 e. The molecule has 0 radical (unpaired) electrons. The zero-order valence-corrected chi connectivity index (χ0v) is 7.02. The van der Waals surface area contributed by atoms with Gasteiger partial charge in [0.1, 0.15) is 5.82 Å². The van der Waals surface area contributed by atoms with Gasteiger partial charge in [0, 0.05) is 5.69 Å². The Morgan fingerprint density at radius 1 is 1.50 bits per heavy atom. The second kappa shape index (κ2) is 2.93. The number of aldehydes is 1. The molecule has 0 saturated carbocycles. The molecule has 12 heavy (non-hydrogen) atoms. The number of anilines is 1. The van der Waals surface area contributed by atoms with Crippen LogP contribution in [-0.4, -0.2) is 6.29 Å². The first-order valence-corrected chi connectivity index (χ1v) is 3.58. The van der Waals surface area contributed by atoms with Crippen molar-refractivity contribution in [2.75, 3.05) is 5.73 Å². The molecule has 0 fully saturated rings. The van der Waals surface area contributed by atoms with Gasteiger partial charge >= 0.3 is 0 Å². The van der Waals surface area contributed by atoms with Crippen molar-refractivity contribution >= 4 is 12.0 Å². The number of nitrogen functional groups attached to an aromatic ring is 1. The minimum Gasteiger partial charge on any atom is -0.398 e. The lowest BCUT2D eigenvalue weighted by atomic mass is 10.0. The molecule has 0 amide bonds. The minimum atomic E-state index is -0.550. The summed E-state index contributed by atoms with van der Waals surface area (Å²) in [5, 5.41) is 0. The van der Waals surface area contributed by atoms with Gasteiger partial charge < -0.3 is 5.73 Å². The van der Waals surface area contributed by atoms with Gasteiger partial charge in [0.2, 0.25) is 0 Å². The Kier molecular flexibility index (Phi) is 2.13. The second-order valence-corrected chi connectivity index (χ2v) is 2.75. The van der Waals surface area contributed by atoms with Gasteiger partial charge in [-0.1, -0.05) is 0 Å². The molecule has 0 aromatic heterocycles. The summed E-state index contributed by atoms with van der Waals surface area (Å²) in [5.74, 6) is -0.550. The smallest absolute Gasteiger partial charge is 0.155 e. The van der Waals surface area contributed by atoms with Crippen molar-refractivity contribution in [3.05, 3.63) is 28.6 Å². The minimum absolute atomic E-state index is 0.0434. The summed E-state index contributed by atoms with van der Waals surface area (Å²) in [6.45, 7) is 3.51. The third kappa shape index (κ3) is 1.18. The Morgan fingerprint density at radius 3 is 2.58 bits per heavy atom. The summed E-state index contributed by atoms with van der Waals surface area (Å²) in [4.78, 5) is 10.4. The zero-order valence-electron chi connectivity index (χ0n) is 7.02. The maximum atomic E-state index is 13.0. The van der Waals surface area contributed by atoms with Gasteiger partial charge in [0.05, 0.1) is 5.56 Å². The van der Waals surface area contributed by atoms with Crippen molar-refractivity contribution in [2.45, 2.75) is 13.8 Å². The molecule has 0 aliphatic carbocycles. The highest BCUT2D eigenvalue weighted by molar-refractivity contribution is 5.85. The molecule has 0 bridgehead atoms. The van der Waals surface area contributed by atoms with E-state index in [0.717, 1.165) is 11.1 Å². The van der Waals surface area contributed by atoms with Crippen molar-refractivity contribution in [1.82, 2.24) is 0 Å². The van der Waals surface area contributed by atoms with Crippen molar-refractivity contribution in [3.63, 3.8) is 0 Å². The average Bonchev–Trinajstić information content (AvgIpc) is 2.01. The monoisotopic (exact) mass is 167 g/mol. The summed E-state index contributed by atoms with van der Waals surface area (Å²) in [6, 6.07) is 1.31. The molecule has 1 aromatic rings. The van der Waals surface area contributed by atoms with E-state index in [1.54, 1.807) is 13.8 Å². The normalized spacial score (nSPS) is 9.92. The number of hydrogen-bond acceptors (Lipinski definition) is 2. The highest BCUT2D eigenvalue weighted by atomic mass is 19.1. The van der Waals surface area contributed by atoms with Crippen LogP contribution in [-0.2, 0) is 0 Å². The summed E-state index contributed by atoms with van der Waals surface area (Å²) in [7, 11) is 0. The highest BCUT2D eigenvalue weighted by Gasteiger charge is 2.09. The van der Waals surface area contributed by atoms with E-state index in [4.69, 9.17) is 5.73 Å². The van der Waals surface area contributed by atoms with Crippen LogP contribution in [0.1, 0.15) is 21.5 Å².